The Morgan fingerprint density at radius 1 is 1.36 bits per heavy atom. The molecule has 0 amide bonds. The van der Waals surface area contributed by atoms with Gasteiger partial charge in [0.1, 0.15) is 5.51 Å². The molecule has 1 aliphatic heterocycles. The highest BCUT2D eigenvalue weighted by atomic mass is 32.1. The number of likely N-dealkylation sites (tertiary alicyclic amines) is 1. The minimum Gasteiger partial charge on any atom is -0.359 e. The zero-order valence-electron chi connectivity index (χ0n) is 8.28. The van der Waals surface area contributed by atoms with Gasteiger partial charge in [-0.1, -0.05) is 17.8 Å². The van der Waals surface area contributed by atoms with E-state index in [1.807, 2.05) is 0 Å². The summed E-state index contributed by atoms with van der Waals surface area (Å²) in [5, 5.41) is 11.9. The molecule has 0 atom stereocenters. The molecule has 4 nitrogen and oxygen atoms in total. The van der Waals surface area contributed by atoms with Crippen molar-refractivity contribution in [3.63, 3.8) is 0 Å². The van der Waals surface area contributed by atoms with Crippen molar-refractivity contribution in [1.82, 2.24) is 15.1 Å². The van der Waals surface area contributed by atoms with E-state index in [1.165, 1.54) is 32.4 Å². The van der Waals surface area contributed by atoms with Crippen LogP contribution in [0.4, 0.5) is 5.13 Å². The number of hydrogen-bond donors (Lipinski definition) is 1. The average Bonchev–Trinajstić information content (AvgIpc) is 2.72. The van der Waals surface area contributed by atoms with E-state index in [1.54, 1.807) is 16.8 Å². The van der Waals surface area contributed by atoms with E-state index < -0.39 is 0 Å². The molecule has 0 aromatic carbocycles. The molecule has 1 aromatic rings. The second-order valence-electron chi connectivity index (χ2n) is 3.57. The molecule has 0 aliphatic carbocycles. The van der Waals surface area contributed by atoms with E-state index in [4.69, 9.17) is 0 Å². The number of rotatable bonds is 4. The molecule has 2 rings (SSSR count). The fourth-order valence-electron chi connectivity index (χ4n) is 1.75. The molecule has 1 N–H and O–H groups in total. The third kappa shape index (κ3) is 2.92. The van der Waals surface area contributed by atoms with Crippen molar-refractivity contribution in [2.24, 2.45) is 0 Å². The molecular formula is C9H16N4S. The quantitative estimate of drug-likeness (QED) is 0.820. The van der Waals surface area contributed by atoms with Gasteiger partial charge in [-0.3, -0.25) is 0 Å². The lowest BCUT2D eigenvalue weighted by molar-refractivity contribution is 0.237. The van der Waals surface area contributed by atoms with Crippen molar-refractivity contribution in [2.45, 2.75) is 19.3 Å². The van der Waals surface area contributed by atoms with Gasteiger partial charge < -0.3 is 10.2 Å². The topological polar surface area (TPSA) is 41.1 Å². The van der Waals surface area contributed by atoms with E-state index >= 15 is 0 Å². The summed E-state index contributed by atoms with van der Waals surface area (Å²) in [6.45, 7) is 4.63. The molecule has 0 bridgehead atoms. The normalized spacial score (nSPS) is 18.3. The van der Waals surface area contributed by atoms with E-state index in [0.717, 1.165) is 18.2 Å². The van der Waals surface area contributed by atoms with Gasteiger partial charge in [-0.25, -0.2) is 0 Å². The summed E-state index contributed by atoms with van der Waals surface area (Å²) in [6.07, 6.45) is 4.12. The first-order valence-corrected chi connectivity index (χ1v) is 6.05. The van der Waals surface area contributed by atoms with Crippen LogP contribution in [0.15, 0.2) is 5.51 Å². The summed E-state index contributed by atoms with van der Waals surface area (Å²) in [5.41, 5.74) is 1.75. The number of nitrogens with zero attached hydrogens (tertiary/aromatic N) is 3. The summed E-state index contributed by atoms with van der Waals surface area (Å²) < 4.78 is 0. The maximum Gasteiger partial charge on any atom is 0.205 e. The first-order valence-electron chi connectivity index (χ1n) is 5.17. The Hall–Kier alpha value is -0.680. The molecular weight excluding hydrogens is 196 g/mol. The molecule has 0 radical (unpaired) electrons. The van der Waals surface area contributed by atoms with Crippen LogP contribution >= 0.6 is 11.3 Å². The van der Waals surface area contributed by atoms with Crippen LogP contribution in [-0.4, -0.2) is 41.3 Å². The van der Waals surface area contributed by atoms with E-state index in [-0.39, 0.29) is 0 Å². The predicted molar refractivity (Wildman–Crippen MR) is 58.7 cm³/mol. The zero-order valence-corrected chi connectivity index (χ0v) is 9.09. The van der Waals surface area contributed by atoms with Crippen LogP contribution in [0.25, 0.3) is 0 Å². The van der Waals surface area contributed by atoms with Crippen molar-refractivity contribution >= 4 is 16.5 Å². The van der Waals surface area contributed by atoms with Gasteiger partial charge in [-0.15, -0.1) is 10.2 Å². The van der Waals surface area contributed by atoms with Crippen LogP contribution in [0.2, 0.25) is 0 Å². The molecule has 1 saturated heterocycles. The molecule has 1 aromatic heterocycles. The minimum atomic E-state index is 0.932. The molecule has 0 spiro atoms. The second-order valence-corrected chi connectivity index (χ2v) is 4.41. The molecule has 2 heterocycles. The lowest BCUT2D eigenvalue weighted by Crippen LogP contribution is -2.33. The van der Waals surface area contributed by atoms with Crippen molar-refractivity contribution in [3.8, 4) is 0 Å². The van der Waals surface area contributed by atoms with Crippen LogP contribution < -0.4 is 5.32 Å². The van der Waals surface area contributed by atoms with Gasteiger partial charge in [0.05, 0.1) is 0 Å². The maximum atomic E-state index is 3.94. The van der Waals surface area contributed by atoms with Gasteiger partial charge in [0.2, 0.25) is 5.13 Å². The largest absolute Gasteiger partial charge is 0.359 e. The van der Waals surface area contributed by atoms with Gasteiger partial charge in [0.15, 0.2) is 0 Å². The van der Waals surface area contributed by atoms with Gasteiger partial charge in [0.25, 0.3) is 0 Å². The van der Waals surface area contributed by atoms with Crippen molar-refractivity contribution in [1.29, 1.82) is 0 Å². The van der Waals surface area contributed by atoms with Crippen molar-refractivity contribution in [3.05, 3.63) is 5.51 Å². The summed E-state index contributed by atoms with van der Waals surface area (Å²) >= 11 is 1.56. The lowest BCUT2D eigenvalue weighted by Gasteiger charge is -2.26. The number of anilines is 1. The van der Waals surface area contributed by atoms with Crippen molar-refractivity contribution < 1.29 is 0 Å². The molecule has 5 heteroatoms. The smallest absolute Gasteiger partial charge is 0.205 e. The molecule has 0 unspecified atom stereocenters. The highest BCUT2D eigenvalue weighted by Crippen LogP contribution is 2.09. The van der Waals surface area contributed by atoms with Gasteiger partial charge in [-0.05, 0) is 25.9 Å². The zero-order chi connectivity index (χ0) is 9.64. The summed E-state index contributed by atoms with van der Waals surface area (Å²) in [4.78, 5) is 2.51. The molecule has 1 fully saturated rings. The molecule has 78 valence electrons. The Kier molecular flexibility index (Phi) is 3.71. The number of aromatic nitrogens is 2. The maximum absolute atomic E-state index is 3.94. The Morgan fingerprint density at radius 3 is 2.93 bits per heavy atom. The Bertz CT molecular complexity index is 243. The van der Waals surface area contributed by atoms with Gasteiger partial charge in [-0.2, -0.15) is 0 Å². The number of hydrogen-bond acceptors (Lipinski definition) is 5. The predicted octanol–water partition coefficient (Wildman–Crippen LogP) is 1.44. The van der Waals surface area contributed by atoms with Gasteiger partial charge >= 0.3 is 0 Å². The number of piperidine rings is 1. The first kappa shape index (κ1) is 9.86. The van der Waals surface area contributed by atoms with Gasteiger partial charge in [0, 0.05) is 13.1 Å². The van der Waals surface area contributed by atoms with E-state index in [2.05, 4.69) is 20.4 Å². The molecule has 1 aliphatic rings. The fourth-order valence-corrected chi connectivity index (χ4v) is 2.23. The lowest BCUT2D eigenvalue weighted by atomic mass is 10.1. The fraction of sp³-hybridized carbons (Fsp3) is 0.778. The Morgan fingerprint density at radius 2 is 2.21 bits per heavy atom. The summed E-state index contributed by atoms with van der Waals surface area (Å²) in [7, 11) is 0. The van der Waals surface area contributed by atoms with Crippen LogP contribution in [0, 0.1) is 0 Å². The SMILES string of the molecule is c1nnc(NCCN2CCCCC2)s1. The molecule has 14 heavy (non-hydrogen) atoms. The van der Waals surface area contributed by atoms with E-state index in [9.17, 15) is 0 Å². The third-order valence-electron chi connectivity index (χ3n) is 2.51. The van der Waals surface area contributed by atoms with E-state index in [0.29, 0.717) is 0 Å². The standard InChI is InChI=1S/C9H16N4S/c1-2-5-13(6-3-1)7-4-10-9-12-11-8-14-9/h8H,1-7H2,(H,10,12). The average molecular weight is 212 g/mol. The monoisotopic (exact) mass is 212 g/mol. The minimum absolute atomic E-state index is 0.932. The highest BCUT2D eigenvalue weighted by Gasteiger charge is 2.08. The number of nitrogens with one attached hydrogen (secondary N) is 1. The first-order chi connectivity index (χ1) is 6.95. The van der Waals surface area contributed by atoms with Crippen molar-refractivity contribution in [2.75, 3.05) is 31.5 Å². The summed E-state index contributed by atoms with van der Waals surface area (Å²) in [6, 6.07) is 0. The Labute approximate surface area is 88.3 Å². The second kappa shape index (κ2) is 5.26. The third-order valence-corrected chi connectivity index (χ3v) is 3.16. The van der Waals surface area contributed by atoms with Crippen LogP contribution in [-0.2, 0) is 0 Å². The van der Waals surface area contributed by atoms with Crippen LogP contribution in [0.3, 0.4) is 0 Å². The van der Waals surface area contributed by atoms with Crippen LogP contribution in [0.1, 0.15) is 19.3 Å². The Balaban J connectivity index is 1.62. The molecule has 0 saturated carbocycles. The highest BCUT2D eigenvalue weighted by molar-refractivity contribution is 7.13. The summed E-state index contributed by atoms with van der Waals surface area (Å²) in [5.74, 6) is 0. The van der Waals surface area contributed by atoms with Crippen LogP contribution in [0.5, 0.6) is 0 Å².